The molecule has 1 aliphatic heterocycles. The van der Waals surface area contributed by atoms with Gasteiger partial charge in [-0.15, -0.1) is 0 Å². The molecular formula is C23H33ClN2O6. The number of carbonyl (C=O) groups is 3. The number of pyridine rings is 1. The predicted molar refractivity (Wildman–Crippen MR) is 119 cm³/mol. The van der Waals surface area contributed by atoms with Crippen LogP contribution < -0.4 is 4.74 Å². The van der Waals surface area contributed by atoms with Crippen molar-refractivity contribution in [2.24, 2.45) is 11.3 Å². The summed E-state index contributed by atoms with van der Waals surface area (Å²) in [7, 11) is 1.28. The van der Waals surface area contributed by atoms with E-state index in [4.69, 9.17) is 25.8 Å². The minimum absolute atomic E-state index is 0.0890. The first kappa shape index (κ1) is 25.9. The van der Waals surface area contributed by atoms with Crippen molar-refractivity contribution in [2.45, 2.75) is 72.1 Å². The van der Waals surface area contributed by atoms with Crippen molar-refractivity contribution in [3.63, 3.8) is 0 Å². The number of hydrogen-bond acceptors (Lipinski definition) is 7. The molecule has 3 atom stereocenters. The van der Waals surface area contributed by atoms with Gasteiger partial charge in [-0.1, -0.05) is 32.4 Å². The van der Waals surface area contributed by atoms with Crippen molar-refractivity contribution in [2.75, 3.05) is 13.7 Å². The quantitative estimate of drug-likeness (QED) is 0.588. The number of rotatable bonds is 6. The molecule has 0 aromatic carbocycles. The van der Waals surface area contributed by atoms with E-state index in [0.717, 1.165) is 0 Å². The number of esters is 2. The van der Waals surface area contributed by atoms with E-state index >= 15 is 0 Å². The molecule has 1 aromatic rings. The Morgan fingerprint density at radius 3 is 2.34 bits per heavy atom. The minimum Gasteiger partial charge on any atom is -0.472 e. The van der Waals surface area contributed by atoms with Crippen LogP contribution in [0, 0.1) is 11.3 Å². The van der Waals surface area contributed by atoms with Crippen LogP contribution in [0.25, 0.3) is 0 Å². The summed E-state index contributed by atoms with van der Waals surface area (Å²) in [4.78, 5) is 44.1. The monoisotopic (exact) mass is 468 g/mol. The van der Waals surface area contributed by atoms with Crippen molar-refractivity contribution in [3.05, 3.63) is 23.4 Å². The molecule has 1 aliphatic rings. The van der Waals surface area contributed by atoms with Crippen LogP contribution in [0.5, 0.6) is 5.88 Å². The van der Waals surface area contributed by atoms with E-state index in [-0.39, 0.29) is 25.3 Å². The summed E-state index contributed by atoms with van der Waals surface area (Å²) in [6.45, 7) is 11.2. The number of ether oxygens (including phenoxy) is 3. The summed E-state index contributed by atoms with van der Waals surface area (Å²) >= 11 is 5.87. The molecule has 1 aromatic heterocycles. The van der Waals surface area contributed by atoms with Crippen LogP contribution in [-0.2, 0) is 23.9 Å². The van der Waals surface area contributed by atoms with Gasteiger partial charge in [0.25, 0.3) is 0 Å². The van der Waals surface area contributed by atoms with E-state index in [1.165, 1.54) is 18.2 Å². The average Bonchev–Trinajstić information content (AvgIpc) is 3.08. The van der Waals surface area contributed by atoms with Crippen LogP contribution >= 0.6 is 11.6 Å². The third-order valence-corrected chi connectivity index (χ3v) is 5.36. The zero-order valence-corrected chi connectivity index (χ0v) is 20.6. The van der Waals surface area contributed by atoms with Gasteiger partial charge in [0.1, 0.15) is 17.7 Å². The van der Waals surface area contributed by atoms with Gasteiger partial charge in [-0.2, -0.15) is 0 Å². The lowest BCUT2D eigenvalue weighted by Gasteiger charge is -2.34. The Morgan fingerprint density at radius 1 is 1.19 bits per heavy atom. The molecule has 0 saturated carbocycles. The fraction of sp³-hybridized carbons (Fsp3) is 0.652. The SMILES string of the molecule is COC(=O)[C@@H]1C[C@@H](Oc2ccc(Cl)cn2)CN1C(=O)[C@@H](CC(=O)OC(C)(C)C)C(C)(C)C. The number of halogens is 1. The standard InChI is InChI=1S/C23H33ClN2O6/c1-22(2,3)16(11-19(27)32-23(4,5)6)20(28)26-13-15(10-17(26)21(29)30-7)31-18-9-8-14(24)12-25-18/h8-9,12,15-17H,10-11,13H2,1-7H3/t15-,16-,17+/m1/s1. The summed E-state index contributed by atoms with van der Waals surface area (Å²) in [6, 6.07) is 2.46. The second-order valence-electron chi connectivity index (χ2n) is 10.0. The molecule has 0 N–H and O–H groups in total. The molecule has 0 spiro atoms. The topological polar surface area (TPSA) is 95.0 Å². The fourth-order valence-electron chi connectivity index (χ4n) is 3.60. The smallest absolute Gasteiger partial charge is 0.328 e. The maximum Gasteiger partial charge on any atom is 0.328 e. The number of likely N-dealkylation sites (tertiary alicyclic amines) is 1. The molecule has 2 heterocycles. The molecule has 0 aliphatic carbocycles. The normalized spacial score (nSPS) is 19.9. The Bertz CT molecular complexity index is 828. The molecule has 0 bridgehead atoms. The van der Waals surface area contributed by atoms with Crippen molar-refractivity contribution in [1.29, 1.82) is 0 Å². The van der Waals surface area contributed by atoms with Crippen molar-refractivity contribution in [1.82, 2.24) is 9.88 Å². The van der Waals surface area contributed by atoms with Gasteiger partial charge < -0.3 is 19.1 Å². The number of aromatic nitrogens is 1. The van der Waals surface area contributed by atoms with Crippen molar-refractivity contribution in [3.8, 4) is 5.88 Å². The van der Waals surface area contributed by atoms with Crippen LogP contribution in [0.15, 0.2) is 18.3 Å². The summed E-state index contributed by atoms with van der Waals surface area (Å²) in [5.41, 5.74) is -1.19. The van der Waals surface area contributed by atoms with Crippen LogP contribution in [0.4, 0.5) is 0 Å². The fourth-order valence-corrected chi connectivity index (χ4v) is 3.71. The molecular weight excluding hydrogens is 436 g/mol. The van der Waals surface area contributed by atoms with Gasteiger partial charge in [0, 0.05) is 18.7 Å². The molecule has 178 valence electrons. The Labute approximate surface area is 194 Å². The van der Waals surface area contributed by atoms with Crippen LogP contribution in [-0.4, -0.2) is 59.1 Å². The molecule has 1 saturated heterocycles. The average molecular weight is 469 g/mol. The van der Waals surface area contributed by atoms with Gasteiger partial charge in [-0.3, -0.25) is 9.59 Å². The lowest BCUT2D eigenvalue weighted by atomic mass is 9.77. The maximum atomic E-state index is 13.6. The molecule has 2 rings (SSSR count). The Morgan fingerprint density at radius 2 is 1.84 bits per heavy atom. The predicted octanol–water partition coefficient (Wildman–Crippen LogP) is 3.65. The van der Waals surface area contributed by atoms with Gasteiger partial charge in [-0.25, -0.2) is 9.78 Å². The Hall–Kier alpha value is -2.35. The molecule has 8 nitrogen and oxygen atoms in total. The molecule has 1 amide bonds. The number of hydrogen-bond donors (Lipinski definition) is 0. The van der Waals surface area contributed by atoms with Gasteiger partial charge in [0.2, 0.25) is 11.8 Å². The third-order valence-electron chi connectivity index (χ3n) is 5.14. The highest BCUT2D eigenvalue weighted by atomic mass is 35.5. The van der Waals surface area contributed by atoms with Crippen LogP contribution in [0.2, 0.25) is 5.02 Å². The van der Waals surface area contributed by atoms with Gasteiger partial charge in [-0.05, 0) is 32.3 Å². The molecule has 0 radical (unpaired) electrons. The number of nitrogens with zero attached hydrogens (tertiary/aromatic N) is 2. The number of methoxy groups -OCH3 is 1. The summed E-state index contributed by atoms with van der Waals surface area (Å²) < 4.78 is 16.2. The maximum absolute atomic E-state index is 13.6. The first-order chi connectivity index (χ1) is 14.7. The van der Waals surface area contributed by atoms with E-state index in [9.17, 15) is 14.4 Å². The highest BCUT2D eigenvalue weighted by Crippen LogP contribution is 2.34. The zero-order valence-electron chi connectivity index (χ0n) is 19.8. The first-order valence-corrected chi connectivity index (χ1v) is 11.0. The highest BCUT2D eigenvalue weighted by molar-refractivity contribution is 6.30. The van der Waals surface area contributed by atoms with Gasteiger partial charge in [0.15, 0.2) is 0 Å². The molecule has 0 unspecified atom stereocenters. The Kier molecular flexibility index (Phi) is 8.15. The first-order valence-electron chi connectivity index (χ1n) is 10.6. The highest BCUT2D eigenvalue weighted by Gasteiger charge is 2.46. The lowest BCUT2D eigenvalue weighted by molar-refractivity contribution is -0.162. The summed E-state index contributed by atoms with van der Waals surface area (Å²) in [5.74, 6) is -1.64. The minimum atomic E-state index is -0.812. The molecule has 32 heavy (non-hydrogen) atoms. The van der Waals surface area contributed by atoms with E-state index in [2.05, 4.69) is 4.98 Å². The lowest BCUT2D eigenvalue weighted by Crippen LogP contribution is -2.48. The van der Waals surface area contributed by atoms with E-state index < -0.39 is 41.0 Å². The molecule has 1 fully saturated rings. The largest absolute Gasteiger partial charge is 0.472 e. The summed E-state index contributed by atoms with van der Waals surface area (Å²) in [5, 5.41) is 0.475. The van der Waals surface area contributed by atoms with E-state index in [1.54, 1.807) is 32.9 Å². The summed E-state index contributed by atoms with van der Waals surface area (Å²) in [6.07, 6.45) is 1.17. The molecule has 9 heteroatoms. The second-order valence-corrected chi connectivity index (χ2v) is 10.5. The zero-order chi connectivity index (χ0) is 24.3. The third kappa shape index (κ3) is 7.08. The van der Waals surface area contributed by atoms with Gasteiger partial charge in [0.05, 0.1) is 31.0 Å². The Balaban J connectivity index is 2.23. The number of amides is 1. The van der Waals surface area contributed by atoms with E-state index in [0.29, 0.717) is 10.9 Å². The van der Waals surface area contributed by atoms with E-state index in [1.807, 2.05) is 20.8 Å². The van der Waals surface area contributed by atoms with Crippen molar-refractivity contribution < 1.29 is 28.6 Å². The van der Waals surface area contributed by atoms with Crippen molar-refractivity contribution >= 4 is 29.4 Å². The number of carbonyl (C=O) groups excluding carboxylic acids is 3. The van der Waals surface area contributed by atoms with Gasteiger partial charge >= 0.3 is 11.9 Å². The van der Waals surface area contributed by atoms with Crippen LogP contribution in [0.1, 0.15) is 54.4 Å². The van der Waals surface area contributed by atoms with Crippen LogP contribution in [0.3, 0.4) is 0 Å². The second kappa shape index (κ2) is 10.1.